The molecule has 3 rings (SSSR count). The second-order valence-electron chi connectivity index (χ2n) is 6.72. The van der Waals surface area contributed by atoms with Gasteiger partial charge in [0.25, 0.3) is 0 Å². The molecule has 6 heteroatoms. The fourth-order valence-corrected chi connectivity index (χ4v) is 3.29. The van der Waals surface area contributed by atoms with Crippen molar-refractivity contribution in [2.24, 2.45) is 4.99 Å². The molecule has 1 saturated heterocycles. The Bertz CT molecular complexity index is 728. The van der Waals surface area contributed by atoms with Crippen LogP contribution in [-0.4, -0.2) is 51.2 Å². The molecule has 1 aliphatic rings. The number of hydrogen-bond acceptors (Lipinski definition) is 4. The fourth-order valence-electron chi connectivity index (χ4n) is 3.29. The van der Waals surface area contributed by atoms with Crippen molar-refractivity contribution in [3.8, 4) is 0 Å². The van der Waals surface area contributed by atoms with Gasteiger partial charge < -0.3 is 20.4 Å². The Morgan fingerprint density at radius 1 is 1.23 bits per heavy atom. The van der Waals surface area contributed by atoms with Gasteiger partial charge in [-0.05, 0) is 24.6 Å². The largest absolute Gasteiger partial charge is 0.369 e. The minimum absolute atomic E-state index is 0.392. The molecule has 0 amide bonds. The van der Waals surface area contributed by atoms with Crippen molar-refractivity contribution in [1.29, 1.82) is 0 Å². The van der Waals surface area contributed by atoms with Gasteiger partial charge in [0, 0.05) is 64.3 Å². The molecule has 2 N–H and O–H groups in total. The summed E-state index contributed by atoms with van der Waals surface area (Å²) in [6, 6.07) is 15.0. The maximum Gasteiger partial charge on any atom is 0.191 e. The van der Waals surface area contributed by atoms with E-state index in [1.807, 2.05) is 38.3 Å². The molecule has 1 aromatic heterocycles. The van der Waals surface area contributed by atoms with Crippen LogP contribution in [0.1, 0.15) is 12.0 Å². The van der Waals surface area contributed by atoms with Crippen molar-refractivity contribution in [3.05, 3.63) is 54.2 Å². The third-order valence-electron chi connectivity index (χ3n) is 4.61. The molecule has 1 unspecified atom stereocenters. The molecule has 0 radical (unpaired) electrons. The maximum absolute atomic E-state index is 4.45. The number of guanidine groups is 1. The van der Waals surface area contributed by atoms with E-state index >= 15 is 0 Å². The normalized spacial score (nSPS) is 17.3. The van der Waals surface area contributed by atoms with Gasteiger partial charge in [0.15, 0.2) is 5.96 Å². The predicted molar refractivity (Wildman–Crippen MR) is 109 cm³/mol. The van der Waals surface area contributed by atoms with Crippen molar-refractivity contribution in [1.82, 2.24) is 15.6 Å². The van der Waals surface area contributed by atoms with Crippen molar-refractivity contribution in [2.45, 2.75) is 19.0 Å². The molecule has 2 aromatic rings. The van der Waals surface area contributed by atoms with Crippen LogP contribution >= 0.6 is 0 Å². The summed E-state index contributed by atoms with van der Waals surface area (Å²) in [5.74, 6) is 1.81. The van der Waals surface area contributed by atoms with Crippen LogP contribution in [0, 0.1) is 0 Å². The van der Waals surface area contributed by atoms with Crippen LogP contribution in [0.25, 0.3) is 0 Å². The third kappa shape index (κ3) is 4.45. The first kappa shape index (κ1) is 18.0. The zero-order valence-corrected chi connectivity index (χ0v) is 15.8. The lowest BCUT2D eigenvalue weighted by atomic mass is 10.2. The van der Waals surface area contributed by atoms with Gasteiger partial charge in [-0.15, -0.1) is 0 Å². The molecule has 1 atom stereocenters. The highest BCUT2D eigenvalue weighted by Gasteiger charge is 2.23. The van der Waals surface area contributed by atoms with E-state index in [1.54, 1.807) is 0 Å². The molecule has 26 heavy (non-hydrogen) atoms. The minimum Gasteiger partial charge on any atom is -0.369 e. The first-order chi connectivity index (χ1) is 12.7. The Kier molecular flexibility index (Phi) is 5.94. The van der Waals surface area contributed by atoms with Crippen molar-refractivity contribution in [2.75, 3.05) is 44.0 Å². The highest BCUT2D eigenvalue weighted by atomic mass is 15.2. The van der Waals surface area contributed by atoms with Crippen LogP contribution in [0.2, 0.25) is 0 Å². The van der Waals surface area contributed by atoms with E-state index in [4.69, 9.17) is 0 Å². The lowest BCUT2D eigenvalue weighted by molar-refractivity contribution is 0.648. The summed E-state index contributed by atoms with van der Waals surface area (Å²) in [7, 11) is 5.83. The molecule has 138 valence electrons. The predicted octanol–water partition coefficient (Wildman–Crippen LogP) is 2.09. The molecule has 0 spiro atoms. The second-order valence-corrected chi connectivity index (χ2v) is 6.72. The van der Waals surface area contributed by atoms with Gasteiger partial charge in [-0.1, -0.05) is 24.3 Å². The number of pyridine rings is 1. The Morgan fingerprint density at radius 2 is 2.04 bits per heavy atom. The van der Waals surface area contributed by atoms with Crippen molar-refractivity contribution < 1.29 is 0 Å². The summed E-state index contributed by atoms with van der Waals surface area (Å²) in [6.45, 7) is 2.74. The van der Waals surface area contributed by atoms with Crippen molar-refractivity contribution in [3.63, 3.8) is 0 Å². The zero-order valence-electron chi connectivity index (χ0n) is 15.8. The molecule has 0 bridgehead atoms. The van der Waals surface area contributed by atoms with Crippen LogP contribution in [0.15, 0.2) is 53.7 Å². The summed E-state index contributed by atoms with van der Waals surface area (Å²) >= 11 is 0. The Morgan fingerprint density at radius 3 is 2.77 bits per heavy atom. The van der Waals surface area contributed by atoms with E-state index < -0.39 is 0 Å². The quantitative estimate of drug-likeness (QED) is 0.637. The van der Waals surface area contributed by atoms with E-state index in [9.17, 15) is 0 Å². The van der Waals surface area contributed by atoms with Crippen LogP contribution in [-0.2, 0) is 6.54 Å². The van der Waals surface area contributed by atoms with Gasteiger partial charge in [-0.3, -0.25) is 4.99 Å². The number of hydrogen-bond donors (Lipinski definition) is 2. The summed E-state index contributed by atoms with van der Waals surface area (Å²) in [6.07, 6.45) is 2.92. The zero-order chi connectivity index (χ0) is 18.4. The molecule has 1 aliphatic heterocycles. The fraction of sp³-hybridized carbons (Fsp3) is 0.400. The van der Waals surface area contributed by atoms with Crippen LogP contribution in [0.5, 0.6) is 0 Å². The first-order valence-corrected chi connectivity index (χ1v) is 9.06. The van der Waals surface area contributed by atoms with E-state index in [0.29, 0.717) is 12.6 Å². The number of anilines is 2. The van der Waals surface area contributed by atoms with Crippen LogP contribution in [0.4, 0.5) is 11.5 Å². The summed E-state index contributed by atoms with van der Waals surface area (Å²) in [5.41, 5.74) is 2.43. The molecule has 1 fully saturated rings. The lowest BCUT2D eigenvalue weighted by Crippen LogP contribution is -2.44. The third-order valence-corrected chi connectivity index (χ3v) is 4.61. The molecule has 0 aliphatic carbocycles. The lowest BCUT2D eigenvalue weighted by Gasteiger charge is -2.21. The average molecular weight is 352 g/mol. The smallest absolute Gasteiger partial charge is 0.191 e. The van der Waals surface area contributed by atoms with Crippen LogP contribution in [0.3, 0.4) is 0 Å². The van der Waals surface area contributed by atoms with Gasteiger partial charge in [0.1, 0.15) is 5.82 Å². The first-order valence-electron chi connectivity index (χ1n) is 9.06. The number of aromatic nitrogens is 1. The van der Waals surface area contributed by atoms with Crippen molar-refractivity contribution >= 4 is 17.5 Å². The Labute approximate surface area is 156 Å². The van der Waals surface area contributed by atoms with Gasteiger partial charge >= 0.3 is 0 Å². The monoisotopic (exact) mass is 352 g/mol. The van der Waals surface area contributed by atoms with Gasteiger partial charge in [0.2, 0.25) is 0 Å². The van der Waals surface area contributed by atoms with E-state index in [0.717, 1.165) is 36.9 Å². The topological polar surface area (TPSA) is 55.8 Å². The molecule has 0 saturated carbocycles. The summed E-state index contributed by atoms with van der Waals surface area (Å²) in [4.78, 5) is 13.3. The highest BCUT2D eigenvalue weighted by Crippen LogP contribution is 2.19. The van der Waals surface area contributed by atoms with E-state index in [2.05, 4.69) is 61.9 Å². The number of nitrogens with zero attached hydrogens (tertiary/aromatic N) is 4. The van der Waals surface area contributed by atoms with Crippen LogP contribution < -0.4 is 20.4 Å². The molecular weight excluding hydrogens is 324 g/mol. The second kappa shape index (κ2) is 8.56. The van der Waals surface area contributed by atoms with Gasteiger partial charge in [-0.2, -0.15) is 0 Å². The highest BCUT2D eigenvalue weighted by molar-refractivity contribution is 5.80. The molecule has 6 nitrogen and oxygen atoms in total. The Hall–Kier alpha value is -2.76. The number of aliphatic imine (C=N–C) groups is 1. The summed E-state index contributed by atoms with van der Waals surface area (Å²) in [5, 5.41) is 6.96. The number of rotatable bonds is 5. The van der Waals surface area contributed by atoms with E-state index in [-0.39, 0.29) is 0 Å². The number of benzene rings is 1. The minimum atomic E-state index is 0.392. The van der Waals surface area contributed by atoms with Gasteiger partial charge in [-0.25, -0.2) is 4.98 Å². The standard InChI is InChI=1S/C20H28N6/c1-21-20(23-14-16-8-7-12-22-19(16)25(2)3)24-17-11-13-26(15-17)18-9-5-4-6-10-18/h4-10,12,17H,11,13-15H2,1-3H3,(H2,21,23,24). The SMILES string of the molecule is CN=C(NCc1cccnc1N(C)C)NC1CCN(c2ccccc2)C1. The summed E-state index contributed by atoms with van der Waals surface area (Å²) < 4.78 is 0. The maximum atomic E-state index is 4.45. The molecular formula is C20H28N6. The number of para-hydroxylation sites is 1. The van der Waals surface area contributed by atoms with E-state index in [1.165, 1.54) is 5.69 Å². The van der Waals surface area contributed by atoms with Gasteiger partial charge in [0.05, 0.1) is 0 Å². The molecule has 2 heterocycles. The number of nitrogens with one attached hydrogen (secondary N) is 2. The average Bonchev–Trinajstić information content (AvgIpc) is 3.14. The molecule has 1 aromatic carbocycles. The Balaban J connectivity index is 1.55.